The van der Waals surface area contributed by atoms with Crippen molar-refractivity contribution in [1.29, 1.82) is 0 Å². The van der Waals surface area contributed by atoms with E-state index in [9.17, 15) is 14.7 Å². The average Bonchev–Trinajstić information content (AvgIpc) is 3.29. The highest BCUT2D eigenvalue weighted by atomic mass is 16.5. The summed E-state index contributed by atoms with van der Waals surface area (Å²) < 4.78 is 12.5. The van der Waals surface area contributed by atoms with E-state index in [1.54, 1.807) is 35.1 Å². The molecule has 3 aromatic rings. The molecule has 1 aliphatic rings. The lowest BCUT2D eigenvalue weighted by Gasteiger charge is -2.31. The molecule has 1 N–H and O–H groups in total. The lowest BCUT2D eigenvalue weighted by Crippen LogP contribution is -2.29. The number of aromatic hydroxyl groups is 1. The molecule has 8 nitrogen and oxygen atoms in total. The summed E-state index contributed by atoms with van der Waals surface area (Å²) >= 11 is 0. The summed E-state index contributed by atoms with van der Waals surface area (Å²) in [5.41, 5.74) is 5.82. The summed E-state index contributed by atoms with van der Waals surface area (Å²) in [6.45, 7) is 7.36. The molecule has 178 valence electrons. The van der Waals surface area contributed by atoms with Crippen LogP contribution in [0.4, 0.5) is 0 Å². The molecule has 34 heavy (non-hydrogen) atoms. The van der Waals surface area contributed by atoms with Crippen LogP contribution in [-0.2, 0) is 33.8 Å². The molecular weight excluding hydrogens is 434 g/mol. The Kier molecular flexibility index (Phi) is 6.68. The lowest BCUT2D eigenvalue weighted by atomic mass is 9.75. The van der Waals surface area contributed by atoms with Gasteiger partial charge in [-0.05, 0) is 91.6 Å². The minimum atomic E-state index is -0.339. The van der Waals surface area contributed by atoms with Crippen molar-refractivity contribution in [2.75, 3.05) is 0 Å². The zero-order valence-corrected chi connectivity index (χ0v) is 19.9. The Labute approximate surface area is 198 Å². The normalized spacial score (nSPS) is 15.9. The Balaban J connectivity index is 1.40. The Hall–Kier alpha value is -3.68. The van der Waals surface area contributed by atoms with Crippen LogP contribution in [0.25, 0.3) is 5.69 Å². The molecule has 0 unspecified atom stereocenters. The van der Waals surface area contributed by atoms with Gasteiger partial charge in [-0.2, -0.15) is 0 Å². The second-order valence-electron chi connectivity index (χ2n) is 8.94. The monoisotopic (exact) mass is 463 g/mol. The van der Waals surface area contributed by atoms with E-state index in [0.717, 1.165) is 36.1 Å². The van der Waals surface area contributed by atoms with Crippen LogP contribution >= 0.6 is 0 Å². The fourth-order valence-corrected chi connectivity index (χ4v) is 4.58. The van der Waals surface area contributed by atoms with Crippen molar-refractivity contribution in [2.45, 2.75) is 53.6 Å². The number of rotatable bonds is 6. The van der Waals surface area contributed by atoms with E-state index in [1.165, 1.54) is 18.1 Å². The van der Waals surface area contributed by atoms with Crippen LogP contribution in [0, 0.1) is 25.7 Å². The third kappa shape index (κ3) is 4.95. The third-order valence-corrected chi connectivity index (χ3v) is 6.59. The van der Waals surface area contributed by atoms with E-state index in [2.05, 4.69) is 10.3 Å². The zero-order valence-electron chi connectivity index (χ0n) is 19.9. The van der Waals surface area contributed by atoms with Crippen LogP contribution in [0.1, 0.15) is 48.2 Å². The predicted octanol–water partition coefficient (Wildman–Crippen LogP) is 4.00. The smallest absolute Gasteiger partial charge is 0.309 e. The molecule has 0 bridgehead atoms. The highest BCUT2D eigenvalue weighted by Gasteiger charge is 2.31. The number of hydrogen-bond acceptors (Lipinski definition) is 7. The summed E-state index contributed by atoms with van der Waals surface area (Å²) in [5, 5.41) is 17.6. The summed E-state index contributed by atoms with van der Waals surface area (Å²) in [7, 11) is 0. The fraction of sp³-hybridized carbons (Fsp3) is 0.385. The first-order valence-electron chi connectivity index (χ1n) is 11.4. The molecule has 1 aliphatic carbocycles. The molecule has 2 aromatic carbocycles. The van der Waals surface area contributed by atoms with Crippen molar-refractivity contribution >= 4 is 11.9 Å². The number of carbonyl (C=O) groups is 2. The van der Waals surface area contributed by atoms with Crippen LogP contribution in [0.5, 0.6) is 11.5 Å². The van der Waals surface area contributed by atoms with Gasteiger partial charge in [0.2, 0.25) is 0 Å². The Morgan fingerprint density at radius 2 is 1.94 bits per heavy atom. The lowest BCUT2D eigenvalue weighted by molar-refractivity contribution is -0.151. The number of ether oxygens (including phenoxy) is 2. The highest BCUT2D eigenvalue weighted by molar-refractivity contribution is 5.73. The molecule has 0 spiro atoms. The number of esters is 2. The topological polar surface area (TPSA) is 104 Å². The molecule has 0 saturated carbocycles. The van der Waals surface area contributed by atoms with Crippen molar-refractivity contribution in [2.24, 2.45) is 11.8 Å². The first-order chi connectivity index (χ1) is 16.2. The summed E-state index contributed by atoms with van der Waals surface area (Å²) in [6, 6.07) is 8.51. The molecule has 1 heterocycles. The summed E-state index contributed by atoms with van der Waals surface area (Å²) in [5.74, 6) is 0.0182. The van der Waals surface area contributed by atoms with E-state index >= 15 is 0 Å². The minimum Gasteiger partial charge on any atom is -0.508 e. The standard InChI is InChI=1S/C26H29N3O5/c1-15-11-25(34-18(4)30)17(3)24-12-19(5-10-23(15)24)16(2)26(32)33-14-20-13-29(28-27-20)21-6-8-22(31)9-7-21/h6-9,11,13,16,19,31H,5,10,12,14H2,1-4H3/t16-,19-/m1/s1. The average molecular weight is 464 g/mol. The van der Waals surface area contributed by atoms with Crippen molar-refractivity contribution in [3.8, 4) is 17.2 Å². The molecule has 0 saturated heterocycles. The van der Waals surface area contributed by atoms with Crippen LogP contribution in [-0.4, -0.2) is 32.0 Å². The maximum Gasteiger partial charge on any atom is 0.309 e. The van der Waals surface area contributed by atoms with Crippen LogP contribution in [0.2, 0.25) is 0 Å². The van der Waals surface area contributed by atoms with E-state index in [0.29, 0.717) is 11.4 Å². The number of fused-ring (bicyclic) bond motifs is 1. The van der Waals surface area contributed by atoms with Gasteiger partial charge < -0.3 is 14.6 Å². The quantitative estimate of drug-likeness (QED) is 0.435. The highest BCUT2D eigenvalue weighted by Crippen LogP contribution is 2.38. The number of phenols is 1. The van der Waals surface area contributed by atoms with Crippen molar-refractivity contribution in [3.63, 3.8) is 0 Å². The Morgan fingerprint density at radius 3 is 2.65 bits per heavy atom. The minimum absolute atomic E-state index is 0.0410. The van der Waals surface area contributed by atoms with Gasteiger partial charge in [0.1, 0.15) is 23.8 Å². The molecule has 0 aliphatic heterocycles. The van der Waals surface area contributed by atoms with Gasteiger partial charge in [-0.15, -0.1) is 5.10 Å². The van der Waals surface area contributed by atoms with E-state index in [1.807, 2.05) is 26.8 Å². The second kappa shape index (κ2) is 9.67. The maximum absolute atomic E-state index is 12.8. The Bertz CT molecular complexity index is 1220. The molecule has 0 fully saturated rings. The van der Waals surface area contributed by atoms with Gasteiger partial charge in [-0.3, -0.25) is 9.59 Å². The molecule has 0 radical (unpaired) electrons. The largest absolute Gasteiger partial charge is 0.508 e. The summed E-state index contributed by atoms with van der Waals surface area (Å²) in [4.78, 5) is 24.3. The van der Waals surface area contributed by atoms with Gasteiger partial charge >= 0.3 is 11.9 Å². The SMILES string of the molecule is CC(=O)Oc1cc(C)c2c(c1C)C[C@H]([C@@H](C)C(=O)OCc1cn(-c3ccc(O)cc3)nn1)CC2. The van der Waals surface area contributed by atoms with Gasteiger partial charge in [0, 0.05) is 6.92 Å². The zero-order chi connectivity index (χ0) is 24.4. The van der Waals surface area contributed by atoms with Gasteiger partial charge in [-0.25, -0.2) is 4.68 Å². The molecule has 4 rings (SSSR count). The maximum atomic E-state index is 12.8. The van der Waals surface area contributed by atoms with Crippen molar-refractivity contribution in [3.05, 3.63) is 64.5 Å². The van der Waals surface area contributed by atoms with E-state index in [4.69, 9.17) is 9.47 Å². The van der Waals surface area contributed by atoms with Crippen molar-refractivity contribution in [1.82, 2.24) is 15.0 Å². The molecule has 1 aromatic heterocycles. The number of aromatic nitrogens is 3. The summed E-state index contributed by atoms with van der Waals surface area (Å²) in [6.07, 6.45) is 4.22. The molecular formula is C26H29N3O5. The number of phenolic OH excluding ortho intramolecular Hbond substituents is 1. The van der Waals surface area contributed by atoms with Crippen LogP contribution < -0.4 is 4.74 Å². The number of benzene rings is 2. The van der Waals surface area contributed by atoms with Gasteiger partial charge in [0.15, 0.2) is 0 Å². The van der Waals surface area contributed by atoms with Crippen LogP contribution in [0.15, 0.2) is 36.5 Å². The van der Waals surface area contributed by atoms with Gasteiger partial charge in [0.05, 0.1) is 17.8 Å². The third-order valence-electron chi connectivity index (χ3n) is 6.59. The van der Waals surface area contributed by atoms with Crippen molar-refractivity contribution < 1.29 is 24.2 Å². The molecule has 2 atom stereocenters. The molecule has 8 heteroatoms. The Morgan fingerprint density at radius 1 is 1.21 bits per heavy atom. The predicted molar refractivity (Wildman–Crippen MR) is 125 cm³/mol. The van der Waals surface area contributed by atoms with E-state index < -0.39 is 0 Å². The number of aryl methyl sites for hydroxylation is 1. The number of nitrogens with zero attached hydrogens (tertiary/aromatic N) is 3. The van der Waals surface area contributed by atoms with Gasteiger partial charge in [-0.1, -0.05) is 12.1 Å². The first kappa shape index (κ1) is 23.5. The second-order valence-corrected chi connectivity index (χ2v) is 8.94. The first-order valence-corrected chi connectivity index (χ1v) is 11.4. The number of carbonyl (C=O) groups excluding carboxylic acids is 2. The van der Waals surface area contributed by atoms with E-state index in [-0.39, 0.29) is 36.1 Å². The molecule has 0 amide bonds. The number of hydrogen-bond donors (Lipinski definition) is 1. The van der Waals surface area contributed by atoms with Crippen LogP contribution in [0.3, 0.4) is 0 Å². The fourth-order valence-electron chi connectivity index (χ4n) is 4.58. The van der Waals surface area contributed by atoms with Gasteiger partial charge in [0.25, 0.3) is 0 Å².